The summed E-state index contributed by atoms with van der Waals surface area (Å²) >= 11 is 1.98. The van der Waals surface area contributed by atoms with Gasteiger partial charge in [0.25, 0.3) is 0 Å². The number of carbonyl (C=O) groups excluding carboxylic acids is 1. The fourth-order valence-electron chi connectivity index (χ4n) is 2.02. The average molecular weight is 272 g/mol. The SMILES string of the molecule is CCCCCCCCSC(C)CC(=O)CCCC. The molecule has 0 saturated heterocycles. The second-order valence-corrected chi connectivity index (χ2v) is 6.84. The minimum Gasteiger partial charge on any atom is -0.300 e. The number of thioether (sulfide) groups is 1. The molecule has 1 nitrogen and oxygen atoms in total. The van der Waals surface area contributed by atoms with Crippen LogP contribution in [0.4, 0.5) is 0 Å². The van der Waals surface area contributed by atoms with Gasteiger partial charge in [-0.2, -0.15) is 11.8 Å². The van der Waals surface area contributed by atoms with Crippen molar-refractivity contribution >= 4 is 17.5 Å². The van der Waals surface area contributed by atoms with Gasteiger partial charge in [-0.25, -0.2) is 0 Å². The fraction of sp³-hybridized carbons (Fsp3) is 0.938. The molecule has 0 fully saturated rings. The molecule has 0 aliphatic rings. The van der Waals surface area contributed by atoms with Crippen LogP contribution in [-0.4, -0.2) is 16.8 Å². The summed E-state index contributed by atoms with van der Waals surface area (Å²) in [7, 11) is 0. The lowest BCUT2D eigenvalue weighted by Crippen LogP contribution is -2.07. The third-order valence-electron chi connectivity index (χ3n) is 3.22. The summed E-state index contributed by atoms with van der Waals surface area (Å²) in [5.41, 5.74) is 0. The smallest absolute Gasteiger partial charge is 0.134 e. The number of unbranched alkanes of at least 4 members (excludes halogenated alkanes) is 6. The topological polar surface area (TPSA) is 17.1 Å². The molecule has 0 aromatic rings. The molecule has 0 amide bonds. The van der Waals surface area contributed by atoms with Gasteiger partial charge in [0.15, 0.2) is 0 Å². The van der Waals surface area contributed by atoms with Crippen LogP contribution in [0.25, 0.3) is 0 Å². The van der Waals surface area contributed by atoms with E-state index in [1.54, 1.807) is 0 Å². The Hall–Kier alpha value is 0.0200. The van der Waals surface area contributed by atoms with Gasteiger partial charge in [-0.05, 0) is 18.6 Å². The highest BCUT2D eigenvalue weighted by molar-refractivity contribution is 7.99. The highest BCUT2D eigenvalue weighted by atomic mass is 32.2. The van der Waals surface area contributed by atoms with Gasteiger partial charge in [-0.1, -0.05) is 59.3 Å². The Morgan fingerprint density at radius 1 is 0.944 bits per heavy atom. The predicted molar refractivity (Wildman–Crippen MR) is 84.4 cm³/mol. The van der Waals surface area contributed by atoms with Crippen LogP contribution in [-0.2, 0) is 4.79 Å². The van der Waals surface area contributed by atoms with E-state index in [9.17, 15) is 4.79 Å². The summed E-state index contributed by atoms with van der Waals surface area (Å²) in [4.78, 5) is 11.6. The number of hydrogen-bond acceptors (Lipinski definition) is 2. The van der Waals surface area contributed by atoms with E-state index in [1.165, 1.54) is 44.3 Å². The van der Waals surface area contributed by atoms with Gasteiger partial charge in [-0.15, -0.1) is 0 Å². The highest BCUT2D eigenvalue weighted by Gasteiger charge is 2.08. The van der Waals surface area contributed by atoms with Gasteiger partial charge in [0, 0.05) is 18.1 Å². The Labute approximate surface area is 118 Å². The summed E-state index contributed by atoms with van der Waals surface area (Å²) in [6.45, 7) is 6.60. The zero-order chi connectivity index (χ0) is 13.6. The van der Waals surface area contributed by atoms with Crippen LogP contribution in [0.5, 0.6) is 0 Å². The minimum absolute atomic E-state index is 0.458. The molecule has 0 aromatic heterocycles. The molecule has 108 valence electrons. The summed E-state index contributed by atoms with van der Waals surface area (Å²) in [6.07, 6.45) is 11.9. The van der Waals surface area contributed by atoms with Crippen molar-refractivity contribution in [3.8, 4) is 0 Å². The standard InChI is InChI=1S/C16H32OS/c1-4-6-8-9-10-11-13-18-15(3)14-16(17)12-7-5-2/h15H,4-14H2,1-3H3. The molecule has 18 heavy (non-hydrogen) atoms. The lowest BCUT2D eigenvalue weighted by molar-refractivity contribution is -0.119. The number of carbonyl (C=O) groups is 1. The van der Waals surface area contributed by atoms with Gasteiger partial charge in [0.1, 0.15) is 5.78 Å². The third kappa shape index (κ3) is 12.5. The lowest BCUT2D eigenvalue weighted by atomic mass is 10.1. The van der Waals surface area contributed by atoms with E-state index >= 15 is 0 Å². The Morgan fingerprint density at radius 3 is 2.22 bits per heavy atom. The molecule has 1 atom stereocenters. The second-order valence-electron chi connectivity index (χ2n) is 5.30. The van der Waals surface area contributed by atoms with Crippen LogP contribution in [0.3, 0.4) is 0 Å². The molecular formula is C16H32OS. The van der Waals surface area contributed by atoms with Crippen LogP contribution in [0.15, 0.2) is 0 Å². The van der Waals surface area contributed by atoms with E-state index in [4.69, 9.17) is 0 Å². The Kier molecular flexibility index (Phi) is 13.5. The maximum Gasteiger partial charge on any atom is 0.134 e. The number of rotatable bonds is 13. The number of Topliss-reactive ketones (excluding diaryl/α,β-unsaturated/α-hetero) is 1. The van der Waals surface area contributed by atoms with Crippen molar-refractivity contribution in [3.63, 3.8) is 0 Å². The van der Waals surface area contributed by atoms with Crippen molar-refractivity contribution in [1.29, 1.82) is 0 Å². The first-order chi connectivity index (χ1) is 8.70. The van der Waals surface area contributed by atoms with Gasteiger partial charge in [0.2, 0.25) is 0 Å². The third-order valence-corrected chi connectivity index (χ3v) is 4.48. The van der Waals surface area contributed by atoms with E-state index in [2.05, 4.69) is 20.8 Å². The van der Waals surface area contributed by atoms with Crippen molar-refractivity contribution < 1.29 is 4.79 Å². The zero-order valence-corrected chi connectivity index (χ0v) is 13.5. The van der Waals surface area contributed by atoms with Crippen LogP contribution >= 0.6 is 11.8 Å². The fourth-order valence-corrected chi connectivity index (χ4v) is 3.10. The molecule has 0 rings (SSSR count). The number of ketones is 1. The van der Waals surface area contributed by atoms with E-state index in [1.807, 2.05) is 11.8 Å². The normalized spacial score (nSPS) is 12.6. The molecule has 0 aliphatic heterocycles. The molecule has 1 unspecified atom stereocenters. The first kappa shape index (κ1) is 18.0. The monoisotopic (exact) mass is 272 g/mol. The molecule has 0 heterocycles. The molecule has 0 N–H and O–H groups in total. The van der Waals surface area contributed by atoms with Crippen molar-refractivity contribution in [2.24, 2.45) is 0 Å². The molecule has 0 aliphatic carbocycles. The van der Waals surface area contributed by atoms with E-state index in [-0.39, 0.29) is 0 Å². The van der Waals surface area contributed by atoms with E-state index < -0.39 is 0 Å². The predicted octanol–water partition coefficient (Wildman–Crippen LogP) is 5.62. The molecule has 0 aromatic carbocycles. The number of hydrogen-bond donors (Lipinski definition) is 0. The highest BCUT2D eigenvalue weighted by Crippen LogP contribution is 2.18. The summed E-state index contributed by atoms with van der Waals surface area (Å²) < 4.78 is 0. The van der Waals surface area contributed by atoms with Gasteiger partial charge in [0.05, 0.1) is 0 Å². The summed E-state index contributed by atoms with van der Waals surface area (Å²) in [6, 6.07) is 0. The molecule has 0 bridgehead atoms. The maximum absolute atomic E-state index is 11.6. The van der Waals surface area contributed by atoms with Crippen molar-refractivity contribution in [2.75, 3.05) is 5.75 Å². The van der Waals surface area contributed by atoms with Crippen LogP contribution in [0.2, 0.25) is 0 Å². The van der Waals surface area contributed by atoms with Crippen LogP contribution in [0.1, 0.15) is 85.0 Å². The summed E-state index contributed by atoms with van der Waals surface area (Å²) in [5.74, 6) is 1.69. The largest absolute Gasteiger partial charge is 0.300 e. The van der Waals surface area contributed by atoms with Gasteiger partial charge < -0.3 is 0 Å². The Balaban J connectivity index is 3.31. The van der Waals surface area contributed by atoms with Crippen molar-refractivity contribution in [3.05, 3.63) is 0 Å². The van der Waals surface area contributed by atoms with Crippen molar-refractivity contribution in [2.45, 2.75) is 90.2 Å². The van der Waals surface area contributed by atoms with Crippen molar-refractivity contribution in [1.82, 2.24) is 0 Å². The molecule has 0 radical (unpaired) electrons. The molecule has 0 spiro atoms. The van der Waals surface area contributed by atoms with Gasteiger partial charge in [-0.3, -0.25) is 4.79 Å². The van der Waals surface area contributed by atoms with E-state index in [0.717, 1.165) is 25.7 Å². The zero-order valence-electron chi connectivity index (χ0n) is 12.7. The second kappa shape index (κ2) is 13.5. The molecule has 2 heteroatoms. The first-order valence-corrected chi connectivity index (χ1v) is 8.88. The average Bonchev–Trinajstić information content (AvgIpc) is 2.35. The molecule has 0 saturated carbocycles. The molecular weight excluding hydrogens is 240 g/mol. The first-order valence-electron chi connectivity index (χ1n) is 7.84. The lowest BCUT2D eigenvalue weighted by Gasteiger charge is -2.10. The summed E-state index contributed by atoms with van der Waals surface area (Å²) in [5, 5.41) is 0.519. The van der Waals surface area contributed by atoms with Crippen LogP contribution < -0.4 is 0 Å². The minimum atomic E-state index is 0.458. The maximum atomic E-state index is 11.6. The Bertz CT molecular complexity index is 192. The van der Waals surface area contributed by atoms with E-state index in [0.29, 0.717) is 11.0 Å². The van der Waals surface area contributed by atoms with Crippen LogP contribution in [0, 0.1) is 0 Å². The Morgan fingerprint density at radius 2 is 1.56 bits per heavy atom. The van der Waals surface area contributed by atoms with Gasteiger partial charge >= 0.3 is 0 Å². The quantitative estimate of drug-likeness (QED) is 0.405.